The third-order valence-corrected chi connectivity index (χ3v) is 4.90. The Morgan fingerprint density at radius 2 is 1.71 bits per heavy atom. The quantitative estimate of drug-likeness (QED) is 0.649. The van der Waals surface area contributed by atoms with Crippen LogP contribution in [0.1, 0.15) is 21.5 Å². The molecule has 3 rings (SSSR count). The lowest BCUT2D eigenvalue weighted by atomic mass is 10.0. The van der Waals surface area contributed by atoms with E-state index in [1.54, 1.807) is 7.11 Å². The SMILES string of the molecule is COc1c(C(=O)Nc2c(C)cccc2C)cc2ccccc2c1Br. The van der Waals surface area contributed by atoms with Gasteiger partial charge in [-0.3, -0.25) is 4.79 Å². The molecule has 0 saturated carbocycles. The van der Waals surface area contributed by atoms with Gasteiger partial charge in [0, 0.05) is 5.69 Å². The fourth-order valence-electron chi connectivity index (χ4n) is 2.85. The Morgan fingerprint density at radius 1 is 1.04 bits per heavy atom. The van der Waals surface area contributed by atoms with Crippen molar-refractivity contribution in [3.63, 3.8) is 0 Å². The monoisotopic (exact) mass is 383 g/mol. The van der Waals surface area contributed by atoms with Crippen molar-refractivity contribution in [1.29, 1.82) is 0 Å². The molecular weight excluding hydrogens is 366 g/mol. The largest absolute Gasteiger partial charge is 0.495 e. The van der Waals surface area contributed by atoms with Crippen LogP contribution in [-0.4, -0.2) is 13.0 Å². The molecule has 0 heterocycles. The Labute approximate surface area is 149 Å². The van der Waals surface area contributed by atoms with Crippen LogP contribution in [0.4, 0.5) is 5.69 Å². The van der Waals surface area contributed by atoms with Gasteiger partial charge in [0.15, 0.2) is 0 Å². The molecular formula is C20H18BrNO2. The van der Waals surface area contributed by atoms with Gasteiger partial charge in [0.05, 0.1) is 17.1 Å². The Balaban J connectivity index is 2.10. The minimum atomic E-state index is -0.185. The average Bonchev–Trinajstić information content (AvgIpc) is 2.58. The maximum Gasteiger partial charge on any atom is 0.259 e. The van der Waals surface area contributed by atoms with Crippen molar-refractivity contribution in [2.24, 2.45) is 0 Å². The number of hydrogen-bond donors (Lipinski definition) is 1. The third-order valence-electron chi connectivity index (χ3n) is 4.11. The minimum absolute atomic E-state index is 0.185. The Morgan fingerprint density at radius 3 is 2.38 bits per heavy atom. The highest BCUT2D eigenvalue weighted by Gasteiger charge is 2.19. The molecule has 0 aliphatic heterocycles. The first-order valence-electron chi connectivity index (χ1n) is 7.65. The molecule has 0 aromatic heterocycles. The van der Waals surface area contributed by atoms with Crippen molar-refractivity contribution in [1.82, 2.24) is 0 Å². The fraction of sp³-hybridized carbons (Fsp3) is 0.150. The van der Waals surface area contributed by atoms with Gasteiger partial charge in [-0.25, -0.2) is 0 Å². The summed E-state index contributed by atoms with van der Waals surface area (Å²) >= 11 is 3.57. The van der Waals surface area contributed by atoms with Crippen molar-refractivity contribution in [3.8, 4) is 5.75 Å². The van der Waals surface area contributed by atoms with E-state index in [0.717, 1.165) is 32.1 Å². The molecule has 0 saturated heterocycles. The van der Waals surface area contributed by atoms with Crippen LogP contribution in [-0.2, 0) is 0 Å². The molecule has 24 heavy (non-hydrogen) atoms. The molecule has 3 aromatic carbocycles. The number of amides is 1. The van der Waals surface area contributed by atoms with E-state index in [4.69, 9.17) is 4.74 Å². The number of benzene rings is 3. The van der Waals surface area contributed by atoms with Gasteiger partial charge in [0.2, 0.25) is 0 Å². The first kappa shape index (κ1) is 16.5. The van der Waals surface area contributed by atoms with Crippen LogP contribution in [0, 0.1) is 13.8 Å². The smallest absolute Gasteiger partial charge is 0.259 e. The Kier molecular flexibility index (Phi) is 4.58. The predicted octanol–water partition coefficient (Wildman–Crippen LogP) is 5.48. The van der Waals surface area contributed by atoms with E-state index in [2.05, 4.69) is 21.2 Å². The van der Waals surface area contributed by atoms with Gasteiger partial charge in [-0.1, -0.05) is 42.5 Å². The number of fused-ring (bicyclic) bond motifs is 1. The summed E-state index contributed by atoms with van der Waals surface area (Å²) in [7, 11) is 1.57. The molecule has 3 aromatic rings. The van der Waals surface area contributed by atoms with Gasteiger partial charge in [-0.05, 0) is 57.7 Å². The van der Waals surface area contributed by atoms with Gasteiger partial charge < -0.3 is 10.1 Å². The summed E-state index contributed by atoms with van der Waals surface area (Å²) in [5, 5.41) is 5.02. The van der Waals surface area contributed by atoms with Gasteiger partial charge in [-0.15, -0.1) is 0 Å². The third kappa shape index (κ3) is 2.89. The lowest BCUT2D eigenvalue weighted by Crippen LogP contribution is -2.15. The average molecular weight is 384 g/mol. The van der Waals surface area contributed by atoms with Crippen LogP contribution in [0.3, 0.4) is 0 Å². The van der Waals surface area contributed by atoms with E-state index in [1.165, 1.54) is 0 Å². The number of carbonyl (C=O) groups is 1. The minimum Gasteiger partial charge on any atom is -0.495 e. The second-order valence-electron chi connectivity index (χ2n) is 5.71. The van der Waals surface area contributed by atoms with Gasteiger partial charge >= 0.3 is 0 Å². The van der Waals surface area contributed by atoms with Crippen LogP contribution < -0.4 is 10.1 Å². The molecule has 0 aliphatic rings. The zero-order valence-electron chi connectivity index (χ0n) is 13.8. The predicted molar refractivity (Wildman–Crippen MR) is 102 cm³/mol. The first-order chi connectivity index (χ1) is 11.5. The van der Waals surface area contributed by atoms with Crippen molar-refractivity contribution in [2.75, 3.05) is 12.4 Å². The highest BCUT2D eigenvalue weighted by Crippen LogP contribution is 2.37. The van der Waals surface area contributed by atoms with Crippen molar-refractivity contribution in [3.05, 3.63) is 69.7 Å². The molecule has 1 N–H and O–H groups in total. The molecule has 1 amide bonds. The van der Waals surface area contributed by atoms with Crippen molar-refractivity contribution >= 4 is 38.3 Å². The molecule has 4 heteroatoms. The van der Waals surface area contributed by atoms with E-state index in [-0.39, 0.29) is 5.91 Å². The zero-order valence-corrected chi connectivity index (χ0v) is 15.4. The summed E-state index contributed by atoms with van der Waals surface area (Å²) in [5.41, 5.74) is 3.41. The first-order valence-corrected chi connectivity index (χ1v) is 8.45. The van der Waals surface area contributed by atoms with E-state index >= 15 is 0 Å². The number of carbonyl (C=O) groups excluding carboxylic acids is 1. The molecule has 122 valence electrons. The van der Waals surface area contributed by atoms with E-state index in [1.807, 2.05) is 62.4 Å². The lowest BCUT2D eigenvalue weighted by Gasteiger charge is -2.15. The standard InChI is InChI=1S/C20H18BrNO2/c1-12-7-6-8-13(2)18(12)22-20(23)16-11-14-9-4-5-10-15(14)17(21)19(16)24-3/h4-11H,1-3H3,(H,22,23). The topological polar surface area (TPSA) is 38.3 Å². The number of hydrogen-bond acceptors (Lipinski definition) is 2. The second kappa shape index (κ2) is 6.65. The molecule has 0 spiro atoms. The molecule has 3 nitrogen and oxygen atoms in total. The number of rotatable bonds is 3. The van der Waals surface area contributed by atoms with Gasteiger partial charge in [0.1, 0.15) is 5.75 Å². The van der Waals surface area contributed by atoms with Gasteiger partial charge in [-0.2, -0.15) is 0 Å². The molecule has 0 bridgehead atoms. The highest BCUT2D eigenvalue weighted by atomic mass is 79.9. The number of ether oxygens (including phenoxy) is 1. The number of halogens is 1. The zero-order chi connectivity index (χ0) is 17.3. The van der Waals surface area contributed by atoms with Crippen LogP contribution in [0.2, 0.25) is 0 Å². The second-order valence-corrected chi connectivity index (χ2v) is 6.51. The molecule has 0 fully saturated rings. The summed E-state index contributed by atoms with van der Waals surface area (Å²) in [6.45, 7) is 3.96. The molecule has 0 atom stereocenters. The number of nitrogens with one attached hydrogen (secondary N) is 1. The van der Waals surface area contributed by atoms with Crippen molar-refractivity contribution < 1.29 is 9.53 Å². The Bertz CT molecular complexity index is 914. The van der Waals surface area contributed by atoms with Crippen LogP contribution in [0.5, 0.6) is 5.75 Å². The van der Waals surface area contributed by atoms with E-state index < -0.39 is 0 Å². The van der Waals surface area contributed by atoms with E-state index in [9.17, 15) is 4.79 Å². The maximum atomic E-state index is 12.9. The highest BCUT2D eigenvalue weighted by molar-refractivity contribution is 9.10. The van der Waals surface area contributed by atoms with E-state index in [0.29, 0.717) is 11.3 Å². The lowest BCUT2D eigenvalue weighted by molar-refractivity contribution is 0.102. The maximum absolute atomic E-state index is 12.9. The number of aryl methyl sites for hydroxylation is 2. The number of anilines is 1. The fourth-order valence-corrected chi connectivity index (χ4v) is 3.58. The summed E-state index contributed by atoms with van der Waals surface area (Å²) in [6.07, 6.45) is 0. The summed E-state index contributed by atoms with van der Waals surface area (Å²) < 4.78 is 6.28. The molecule has 0 unspecified atom stereocenters. The van der Waals surface area contributed by atoms with Gasteiger partial charge in [0.25, 0.3) is 5.91 Å². The molecule has 0 radical (unpaired) electrons. The number of para-hydroxylation sites is 1. The summed E-state index contributed by atoms with van der Waals surface area (Å²) in [5.74, 6) is 0.355. The summed E-state index contributed by atoms with van der Waals surface area (Å²) in [4.78, 5) is 12.9. The van der Waals surface area contributed by atoms with Crippen LogP contribution in [0.25, 0.3) is 10.8 Å². The normalized spacial score (nSPS) is 10.7. The van der Waals surface area contributed by atoms with Crippen molar-refractivity contribution in [2.45, 2.75) is 13.8 Å². The van der Waals surface area contributed by atoms with Crippen LogP contribution >= 0.6 is 15.9 Å². The van der Waals surface area contributed by atoms with Crippen LogP contribution in [0.15, 0.2) is 53.0 Å². The molecule has 0 aliphatic carbocycles. The Hall–Kier alpha value is -2.33. The number of methoxy groups -OCH3 is 1. The summed E-state index contributed by atoms with van der Waals surface area (Å²) in [6, 6.07) is 15.7.